The van der Waals surface area contributed by atoms with Crippen LogP contribution < -0.4 is 0 Å². The van der Waals surface area contributed by atoms with E-state index >= 15 is 0 Å². The minimum absolute atomic E-state index is 0.0785. The van der Waals surface area contributed by atoms with Gasteiger partial charge in [0.15, 0.2) is 0 Å². The molecule has 0 bridgehead atoms. The smallest absolute Gasteiger partial charge is 0.303 e. The summed E-state index contributed by atoms with van der Waals surface area (Å²) in [6, 6.07) is 0. The molecule has 0 amide bonds. The first-order chi connectivity index (χ1) is 5.54. The van der Waals surface area contributed by atoms with E-state index in [-0.39, 0.29) is 18.1 Å². The van der Waals surface area contributed by atoms with E-state index in [9.17, 15) is 9.59 Å². The second-order valence-corrected chi connectivity index (χ2v) is 3.22. The first-order valence-electron chi connectivity index (χ1n) is 4.28. The Balaban J connectivity index is 3.32. The number of carboxylic acids is 1. The van der Waals surface area contributed by atoms with Crippen LogP contribution in [0.1, 0.15) is 39.5 Å². The van der Waals surface area contributed by atoms with Gasteiger partial charge in [-0.15, -0.1) is 0 Å². The number of carbonyl (C=O) groups excluding carboxylic acids is 1. The molecule has 0 radical (unpaired) electrons. The number of carbonyl (C=O) groups is 2. The molecule has 0 saturated carbocycles. The summed E-state index contributed by atoms with van der Waals surface area (Å²) in [5.41, 5.74) is 0. The maximum Gasteiger partial charge on any atom is 0.303 e. The number of rotatable bonds is 6. The van der Waals surface area contributed by atoms with Crippen LogP contribution in [0.2, 0.25) is 0 Å². The van der Waals surface area contributed by atoms with Crippen LogP contribution in [0.15, 0.2) is 0 Å². The predicted octanol–water partition coefficient (Wildman–Crippen LogP) is 1.86. The fourth-order valence-corrected chi connectivity index (χ4v) is 0.864. The minimum atomic E-state index is -0.785. The molecule has 0 aromatic rings. The highest BCUT2D eigenvalue weighted by molar-refractivity contribution is 5.80. The highest BCUT2D eigenvalue weighted by Gasteiger charge is 2.06. The van der Waals surface area contributed by atoms with Crippen molar-refractivity contribution in [3.8, 4) is 0 Å². The topological polar surface area (TPSA) is 54.4 Å². The van der Waals surface area contributed by atoms with Gasteiger partial charge in [-0.3, -0.25) is 9.59 Å². The molecule has 70 valence electrons. The van der Waals surface area contributed by atoms with Crippen molar-refractivity contribution in [1.29, 1.82) is 0 Å². The summed E-state index contributed by atoms with van der Waals surface area (Å²) in [7, 11) is 0. The monoisotopic (exact) mass is 172 g/mol. The van der Waals surface area contributed by atoms with E-state index in [4.69, 9.17) is 5.11 Å². The van der Waals surface area contributed by atoms with Crippen LogP contribution in [0, 0.1) is 5.92 Å². The summed E-state index contributed by atoms with van der Waals surface area (Å²) < 4.78 is 0. The Hall–Kier alpha value is -0.860. The largest absolute Gasteiger partial charge is 0.481 e. The zero-order valence-corrected chi connectivity index (χ0v) is 7.67. The third-order valence-corrected chi connectivity index (χ3v) is 1.71. The second-order valence-electron chi connectivity index (χ2n) is 3.22. The number of aliphatic carboxylic acids is 1. The number of hydrogen-bond donors (Lipinski definition) is 1. The SMILES string of the molecule is CC(C)C(=O)CCCCC(=O)O. The predicted molar refractivity (Wildman–Crippen MR) is 45.9 cm³/mol. The molecule has 0 saturated heterocycles. The van der Waals surface area contributed by atoms with Crippen molar-refractivity contribution < 1.29 is 14.7 Å². The van der Waals surface area contributed by atoms with Crippen LogP contribution in [-0.2, 0) is 9.59 Å². The lowest BCUT2D eigenvalue weighted by atomic mass is 10.0. The Kier molecular flexibility index (Phi) is 5.34. The highest BCUT2D eigenvalue weighted by Crippen LogP contribution is 2.05. The Morgan fingerprint density at radius 3 is 2.08 bits per heavy atom. The van der Waals surface area contributed by atoms with Gasteiger partial charge in [0.1, 0.15) is 5.78 Å². The third-order valence-electron chi connectivity index (χ3n) is 1.71. The van der Waals surface area contributed by atoms with Gasteiger partial charge >= 0.3 is 5.97 Å². The molecule has 0 aliphatic heterocycles. The Bertz CT molecular complexity index is 161. The lowest BCUT2D eigenvalue weighted by Crippen LogP contribution is -2.06. The Morgan fingerprint density at radius 2 is 1.67 bits per heavy atom. The molecule has 0 atom stereocenters. The Morgan fingerprint density at radius 1 is 1.17 bits per heavy atom. The van der Waals surface area contributed by atoms with Gasteiger partial charge in [0.05, 0.1) is 0 Å². The molecule has 3 heteroatoms. The van der Waals surface area contributed by atoms with E-state index < -0.39 is 5.97 Å². The van der Waals surface area contributed by atoms with Gasteiger partial charge in [0, 0.05) is 18.8 Å². The van der Waals surface area contributed by atoms with E-state index in [0.717, 1.165) is 0 Å². The lowest BCUT2D eigenvalue weighted by Gasteiger charge is -2.01. The van der Waals surface area contributed by atoms with Crippen LogP contribution in [0.3, 0.4) is 0 Å². The molecular formula is C9H16O3. The molecule has 0 heterocycles. The zero-order valence-electron chi connectivity index (χ0n) is 7.67. The summed E-state index contributed by atoms with van der Waals surface area (Å²) in [4.78, 5) is 21.1. The highest BCUT2D eigenvalue weighted by atomic mass is 16.4. The van der Waals surface area contributed by atoms with E-state index in [1.54, 1.807) is 0 Å². The van der Waals surface area contributed by atoms with Gasteiger partial charge in [-0.2, -0.15) is 0 Å². The number of ketones is 1. The molecule has 0 aromatic heterocycles. The van der Waals surface area contributed by atoms with Gasteiger partial charge < -0.3 is 5.11 Å². The number of unbranched alkanes of at least 4 members (excludes halogenated alkanes) is 1. The van der Waals surface area contributed by atoms with Gasteiger partial charge in [-0.1, -0.05) is 13.8 Å². The number of carboxylic acid groups (broad SMARTS) is 1. The molecular weight excluding hydrogens is 156 g/mol. The summed E-state index contributed by atoms with van der Waals surface area (Å²) in [5, 5.41) is 8.30. The fourth-order valence-electron chi connectivity index (χ4n) is 0.864. The van der Waals surface area contributed by atoms with Crippen molar-refractivity contribution in [2.75, 3.05) is 0 Å². The average molecular weight is 172 g/mol. The van der Waals surface area contributed by atoms with Crippen molar-refractivity contribution >= 4 is 11.8 Å². The first-order valence-corrected chi connectivity index (χ1v) is 4.28. The number of Topliss-reactive ketones (excluding diaryl/α,β-unsaturated/α-hetero) is 1. The van der Waals surface area contributed by atoms with Crippen molar-refractivity contribution in [3.63, 3.8) is 0 Å². The van der Waals surface area contributed by atoms with Gasteiger partial charge in [-0.25, -0.2) is 0 Å². The maximum absolute atomic E-state index is 11.0. The van der Waals surface area contributed by atoms with Crippen molar-refractivity contribution in [1.82, 2.24) is 0 Å². The second kappa shape index (κ2) is 5.75. The van der Waals surface area contributed by atoms with Gasteiger partial charge in [-0.05, 0) is 12.8 Å². The third kappa shape index (κ3) is 5.89. The number of hydrogen-bond acceptors (Lipinski definition) is 2. The molecule has 0 rings (SSSR count). The minimum Gasteiger partial charge on any atom is -0.481 e. The maximum atomic E-state index is 11.0. The molecule has 1 N–H and O–H groups in total. The first kappa shape index (κ1) is 11.1. The van der Waals surface area contributed by atoms with E-state index in [1.807, 2.05) is 13.8 Å². The van der Waals surface area contributed by atoms with Crippen molar-refractivity contribution in [2.24, 2.45) is 5.92 Å². The lowest BCUT2D eigenvalue weighted by molar-refractivity contribution is -0.137. The average Bonchev–Trinajstić information content (AvgIpc) is 1.97. The molecule has 12 heavy (non-hydrogen) atoms. The normalized spacial score (nSPS) is 10.2. The Labute approximate surface area is 72.8 Å². The van der Waals surface area contributed by atoms with Crippen LogP contribution in [0.25, 0.3) is 0 Å². The van der Waals surface area contributed by atoms with E-state index in [1.165, 1.54) is 0 Å². The summed E-state index contributed by atoms with van der Waals surface area (Å²) in [6.45, 7) is 3.72. The summed E-state index contributed by atoms with van der Waals surface area (Å²) >= 11 is 0. The van der Waals surface area contributed by atoms with Crippen LogP contribution in [0.4, 0.5) is 0 Å². The van der Waals surface area contributed by atoms with Gasteiger partial charge in [0.2, 0.25) is 0 Å². The molecule has 3 nitrogen and oxygen atoms in total. The molecule has 0 aromatic carbocycles. The molecule has 0 aliphatic rings. The molecule has 0 spiro atoms. The zero-order chi connectivity index (χ0) is 9.56. The summed E-state index contributed by atoms with van der Waals surface area (Å²) in [6.07, 6.45) is 1.99. The fraction of sp³-hybridized carbons (Fsp3) is 0.778. The molecule has 0 aliphatic carbocycles. The van der Waals surface area contributed by atoms with Gasteiger partial charge in [0.25, 0.3) is 0 Å². The molecule has 0 unspecified atom stereocenters. The van der Waals surface area contributed by atoms with Crippen LogP contribution in [0.5, 0.6) is 0 Å². The van der Waals surface area contributed by atoms with E-state index in [0.29, 0.717) is 19.3 Å². The summed E-state index contributed by atoms with van der Waals surface area (Å²) in [5.74, 6) is -0.484. The standard InChI is InChI=1S/C9H16O3/c1-7(2)8(10)5-3-4-6-9(11)12/h7H,3-6H2,1-2H3,(H,11,12). The van der Waals surface area contributed by atoms with E-state index in [2.05, 4.69) is 0 Å². The molecule has 0 fully saturated rings. The van der Waals surface area contributed by atoms with Crippen LogP contribution >= 0.6 is 0 Å². The van der Waals surface area contributed by atoms with Crippen LogP contribution in [-0.4, -0.2) is 16.9 Å². The quantitative estimate of drug-likeness (QED) is 0.622. The van der Waals surface area contributed by atoms with Crippen molar-refractivity contribution in [3.05, 3.63) is 0 Å². The van der Waals surface area contributed by atoms with Crippen molar-refractivity contribution in [2.45, 2.75) is 39.5 Å².